The van der Waals surface area contributed by atoms with Gasteiger partial charge in [0.25, 0.3) is 0 Å². The number of carbonyl (C=O) groups is 2. The fraction of sp³-hybridized carbons (Fsp3) is 0.500. The number of aliphatic carboxylic acids is 1. The smallest absolute Gasteiger partial charge is 0.305 e. The molecule has 1 aliphatic rings. The molecule has 1 saturated carbocycles. The van der Waals surface area contributed by atoms with E-state index in [0.29, 0.717) is 12.5 Å². The van der Waals surface area contributed by atoms with Crippen molar-refractivity contribution in [3.63, 3.8) is 0 Å². The van der Waals surface area contributed by atoms with E-state index in [0.717, 1.165) is 18.5 Å². The van der Waals surface area contributed by atoms with Gasteiger partial charge in [0, 0.05) is 6.04 Å². The molecule has 2 N–H and O–H groups in total. The average molecular weight is 223 g/mol. The summed E-state index contributed by atoms with van der Waals surface area (Å²) in [6, 6.07) is -0.0830. The van der Waals surface area contributed by atoms with Gasteiger partial charge in [-0.25, -0.2) is 4.98 Å². The van der Waals surface area contributed by atoms with Crippen molar-refractivity contribution < 1.29 is 14.7 Å². The van der Waals surface area contributed by atoms with Crippen LogP contribution in [0.2, 0.25) is 0 Å². The lowest BCUT2D eigenvalue weighted by Crippen LogP contribution is -2.24. The highest BCUT2D eigenvalue weighted by Crippen LogP contribution is 2.37. The van der Waals surface area contributed by atoms with Gasteiger partial charge < -0.3 is 15.0 Å². The first-order valence-corrected chi connectivity index (χ1v) is 5.15. The van der Waals surface area contributed by atoms with E-state index in [-0.39, 0.29) is 6.42 Å². The fourth-order valence-corrected chi connectivity index (χ4v) is 1.75. The molecule has 1 aliphatic carbocycles. The van der Waals surface area contributed by atoms with Crippen molar-refractivity contribution in [3.8, 4) is 0 Å². The number of aromatic nitrogens is 2. The summed E-state index contributed by atoms with van der Waals surface area (Å²) >= 11 is 0. The van der Waals surface area contributed by atoms with Gasteiger partial charge in [0.1, 0.15) is 0 Å². The number of nitrogens with one attached hydrogen (secondary N) is 1. The summed E-state index contributed by atoms with van der Waals surface area (Å²) in [6.45, 7) is 0. The predicted molar refractivity (Wildman–Crippen MR) is 54.7 cm³/mol. The van der Waals surface area contributed by atoms with E-state index in [9.17, 15) is 9.59 Å². The molecule has 0 aromatic carbocycles. The molecule has 0 saturated heterocycles. The van der Waals surface area contributed by atoms with Crippen LogP contribution in [-0.2, 0) is 9.59 Å². The van der Waals surface area contributed by atoms with Crippen LogP contribution in [0, 0.1) is 0 Å². The van der Waals surface area contributed by atoms with Crippen molar-refractivity contribution in [1.82, 2.24) is 14.9 Å². The fourth-order valence-electron chi connectivity index (χ4n) is 1.75. The van der Waals surface area contributed by atoms with Gasteiger partial charge >= 0.3 is 5.97 Å². The molecule has 1 unspecified atom stereocenters. The third-order valence-corrected chi connectivity index (χ3v) is 2.64. The molecule has 0 spiro atoms. The van der Waals surface area contributed by atoms with E-state index in [1.54, 1.807) is 12.5 Å². The van der Waals surface area contributed by atoms with Crippen LogP contribution in [0.3, 0.4) is 0 Å². The second kappa shape index (κ2) is 4.34. The second-order valence-corrected chi connectivity index (χ2v) is 3.89. The molecule has 6 nitrogen and oxygen atoms in total. The molecule has 0 bridgehead atoms. The third kappa shape index (κ3) is 2.21. The van der Waals surface area contributed by atoms with Crippen LogP contribution in [-0.4, -0.2) is 27.0 Å². The molecule has 2 rings (SSSR count). The SMILES string of the molecule is O=CNC(CC(=O)O)c1cncn1C1CC1. The molecular formula is C10H13N3O3. The van der Waals surface area contributed by atoms with Crippen molar-refractivity contribution in [3.05, 3.63) is 18.2 Å². The van der Waals surface area contributed by atoms with E-state index in [4.69, 9.17) is 5.11 Å². The number of carbonyl (C=O) groups excluding carboxylic acids is 1. The molecule has 1 aromatic rings. The molecule has 0 aliphatic heterocycles. The summed E-state index contributed by atoms with van der Waals surface area (Å²) in [4.78, 5) is 25.2. The molecule has 1 aromatic heterocycles. The summed E-state index contributed by atoms with van der Waals surface area (Å²) < 4.78 is 1.95. The number of amides is 1. The molecule has 1 fully saturated rings. The first-order valence-electron chi connectivity index (χ1n) is 5.15. The predicted octanol–water partition coefficient (Wildman–Crippen LogP) is 0.480. The minimum absolute atomic E-state index is 0.128. The number of hydrogen-bond acceptors (Lipinski definition) is 3. The van der Waals surface area contributed by atoms with Crippen molar-refractivity contribution in [2.45, 2.75) is 31.3 Å². The molecule has 6 heteroatoms. The van der Waals surface area contributed by atoms with E-state index < -0.39 is 12.0 Å². The summed E-state index contributed by atoms with van der Waals surface area (Å²) in [7, 11) is 0. The van der Waals surface area contributed by atoms with Crippen LogP contribution >= 0.6 is 0 Å². The molecule has 0 radical (unpaired) electrons. The van der Waals surface area contributed by atoms with Gasteiger partial charge in [0.2, 0.25) is 6.41 Å². The number of carboxylic acid groups (broad SMARTS) is 1. The van der Waals surface area contributed by atoms with Crippen molar-refractivity contribution in [2.75, 3.05) is 0 Å². The zero-order valence-electron chi connectivity index (χ0n) is 8.67. The maximum Gasteiger partial charge on any atom is 0.305 e. The summed E-state index contributed by atoms with van der Waals surface area (Å²) in [5, 5.41) is 11.3. The Balaban J connectivity index is 2.19. The van der Waals surface area contributed by atoms with Gasteiger partial charge in [-0.3, -0.25) is 9.59 Å². The van der Waals surface area contributed by atoms with Gasteiger partial charge in [-0.15, -0.1) is 0 Å². The van der Waals surface area contributed by atoms with Crippen LogP contribution in [0.25, 0.3) is 0 Å². The van der Waals surface area contributed by atoms with Gasteiger partial charge in [-0.05, 0) is 12.8 Å². The summed E-state index contributed by atoms with van der Waals surface area (Å²) in [6.07, 6.45) is 5.88. The molecule has 1 atom stereocenters. The third-order valence-electron chi connectivity index (χ3n) is 2.64. The Bertz CT molecular complexity index is 398. The largest absolute Gasteiger partial charge is 0.481 e. The van der Waals surface area contributed by atoms with Gasteiger partial charge in [0.15, 0.2) is 0 Å². The topological polar surface area (TPSA) is 84.2 Å². The summed E-state index contributed by atoms with van der Waals surface area (Å²) in [5.74, 6) is -0.942. The van der Waals surface area contributed by atoms with Gasteiger partial charge in [0.05, 0.1) is 30.7 Å². The Morgan fingerprint density at radius 1 is 1.75 bits per heavy atom. The quantitative estimate of drug-likeness (QED) is 0.687. The Morgan fingerprint density at radius 2 is 2.50 bits per heavy atom. The number of hydrogen-bond donors (Lipinski definition) is 2. The number of imidazole rings is 1. The summed E-state index contributed by atoms with van der Waals surface area (Å²) in [5.41, 5.74) is 0.761. The van der Waals surface area contributed by atoms with Gasteiger partial charge in [-0.2, -0.15) is 0 Å². The lowest BCUT2D eigenvalue weighted by atomic mass is 10.1. The van der Waals surface area contributed by atoms with Crippen LogP contribution in [0.4, 0.5) is 0 Å². The van der Waals surface area contributed by atoms with Crippen LogP contribution < -0.4 is 5.32 Å². The van der Waals surface area contributed by atoms with E-state index >= 15 is 0 Å². The lowest BCUT2D eigenvalue weighted by molar-refractivity contribution is -0.137. The highest BCUT2D eigenvalue weighted by atomic mass is 16.4. The van der Waals surface area contributed by atoms with Crippen molar-refractivity contribution in [1.29, 1.82) is 0 Å². The Hall–Kier alpha value is -1.85. The Labute approximate surface area is 92.3 Å². The zero-order chi connectivity index (χ0) is 11.5. The normalized spacial score (nSPS) is 16.8. The maximum atomic E-state index is 10.7. The first-order chi connectivity index (χ1) is 7.72. The maximum absolute atomic E-state index is 10.7. The van der Waals surface area contributed by atoms with Crippen molar-refractivity contribution >= 4 is 12.4 Å². The highest BCUT2D eigenvalue weighted by Gasteiger charge is 2.28. The van der Waals surface area contributed by atoms with E-state index in [1.165, 1.54) is 0 Å². The van der Waals surface area contributed by atoms with Crippen LogP contribution in [0.1, 0.15) is 37.0 Å². The number of rotatable bonds is 6. The van der Waals surface area contributed by atoms with Gasteiger partial charge in [-0.1, -0.05) is 0 Å². The van der Waals surface area contributed by atoms with E-state index in [1.807, 2.05) is 4.57 Å². The lowest BCUT2D eigenvalue weighted by Gasteiger charge is -2.15. The molecule has 86 valence electrons. The Kier molecular flexibility index (Phi) is 2.89. The number of nitrogens with zero attached hydrogens (tertiary/aromatic N) is 2. The Morgan fingerprint density at radius 3 is 3.06 bits per heavy atom. The monoisotopic (exact) mass is 223 g/mol. The standard InChI is InChI=1S/C10H13N3O3/c14-6-12-8(3-10(15)16)9-4-11-5-13(9)7-1-2-7/h4-8H,1-3H2,(H,12,14)(H,15,16). The molecule has 16 heavy (non-hydrogen) atoms. The molecular weight excluding hydrogens is 210 g/mol. The minimum atomic E-state index is -0.942. The van der Waals surface area contributed by atoms with E-state index in [2.05, 4.69) is 10.3 Å². The second-order valence-electron chi connectivity index (χ2n) is 3.89. The first kappa shape index (κ1) is 10.7. The van der Waals surface area contributed by atoms with Crippen molar-refractivity contribution in [2.24, 2.45) is 0 Å². The van der Waals surface area contributed by atoms with Crippen LogP contribution in [0.15, 0.2) is 12.5 Å². The van der Waals surface area contributed by atoms with Crippen LogP contribution in [0.5, 0.6) is 0 Å². The number of carboxylic acids is 1. The average Bonchev–Trinajstić information content (AvgIpc) is 2.95. The molecule has 1 amide bonds. The molecule has 1 heterocycles. The zero-order valence-corrected chi connectivity index (χ0v) is 8.67. The highest BCUT2D eigenvalue weighted by molar-refractivity contribution is 5.68. The minimum Gasteiger partial charge on any atom is -0.481 e.